The fraction of sp³-hybridized carbons (Fsp3) is 0.481. The topological polar surface area (TPSA) is 87.3 Å². The average molecular weight is 529 g/mol. The van der Waals surface area contributed by atoms with Crippen molar-refractivity contribution in [2.75, 3.05) is 31.2 Å². The summed E-state index contributed by atoms with van der Waals surface area (Å²) >= 11 is 0. The molecule has 4 rings (SSSR count). The maximum atomic E-state index is 13.1. The molecule has 1 saturated heterocycles. The molecule has 0 unspecified atom stereocenters. The Balaban J connectivity index is 1.72. The zero-order chi connectivity index (χ0) is 27.6. The normalized spacial score (nSPS) is 19.5. The first-order valence-corrected chi connectivity index (χ1v) is 12.6. The van der Waals surface area contributed by atoms with Gasteiger partial charge in [0, 0.05) is 38.8 Å². The van der Waals surface area contributed by atoms with Crippen molar-refractivity contribution in [2.45, 2.75) is 51.5 Å². The van der Waals surface area contributed by atoms with E-state index in [9.17, 15) is 23.2 Å². The Morgan fingerprint density at radius 2 is 1.84 bits per heavy atom. The van der Waals surface area contributed by atoms with Crippen molar-refractivity contribution in [2.24, 2.45) is 7.05 Å². The van der Waals surface area contributed by atoms with Crippen molar-refractivity contribution in [3.8, 4) is 6.07 Å². The molecule has 1 aliphatic heterocycles. The summed E-state index contributed by atoms with van der Waals surface area (Å²) in [4.78, 5) is 25.8. The van der Waals surface area contributed by atoms with Crippen molar-refractivity contribution in [1.29, 1.82) is 5.26 Å². The van der Waals surface area contributed by atoms with Gasteiger partial charge in [0.25, 0.3) is 0 Å². The van der Waals surface area contributed by atoms with Crippen LogP contribution in [0.3, 0.4) is 0 Å². The molecule has 2 aromatic heterocycles. The molecule has 3 heterocycles. The number of piperazine rings is 1. The number of pyridine rings is 1. The molecule has 202 valence electrons. The van der Waals surface area contributed by atoms with Crippen LogP contribution in [0.15, 0.2) is 41.2 Å². The van der Waals surface area contributed by atoms with E-state index < -0.39 is 17.4 Å². The van der Waals surface area contributed by atoms with Crippen molar-refractivity contribution in [3.63, 3.8) is 0 Å². The van der Waals surface area contributed by atoms with Gasteiger partial charge < -0.3 is 9.64 Å². The van der Waals surface area contributed by atoms with Gasteiger partial charge >= 0.3 is 11.9 Å². The van der Waals surface area contributed by atoms with Crippen LogP contribution in [0, 0.1) is 11.3 Å². The molecule has 0 N–H and O–H groups in total. The van der Waals surface area contributed by atoms with Gasteiger partial charge in [0.2, 0.25) is 0 Å². The van der Waals surface area contributed by atoms with Crippen molar-refractivity contribution >= 4 is 16.9 Å². The molecule has 38 heavy (non-hydrogen) atoms. The minimum Gasteiger partial charge on any atom is -0.380 e. The lowest BCUT2D eigenvalue weighted by Gasteiger charge is -2.48. The molecule has 0 amide bonds. The van der Waals surface area contributed by atoms with Crippen LogP contribution in [0.2, 0.25) is 0 Å². The lowest BCUT2D eigenvalue weighted by atomic mass is 9.96. The van der Waals surface area contributed by atoms with Gasteiger partial charge in [-0.05, 0) is 50.1 Å². The highest BCUT2D eigenvalue weighted by Gasteiger charge is 2.38. The second kappa shape index (κ2) is 11.1. The number of nitriles is 1. The monoisotopic (exact) mass is 528 g/mol. The Kier molecular flexibility index (Phi) is 8.04. The van der Waals surface area contributed by atoms with Crippen LogP contribution in [0.5, 0.6) is 0 Å². The average Bonchev–Trinajstić information content (AvgIpc) is 2.90. The number of nitrogens with zero attached hydrogens (tertiary/aromatic N) is 6. The third-order valence-electron chi connectivity index (χ3n) is 7.13. The molecule has 1 aliphatic rings. The maximum Gasteiger partial charge on any atom is 0.416 e. The SMILES string of the molecule is CCOC[C@@H]1CN(c2nc(=O)n(C)c3ccc(C#N)nc23)[C@@H](C)CN1[C@@H](CC)c1ccc(C(F)(F)F)cc1. The number of aromatic nitrogens is 3. The minimum atomic E-state index is -4.39. The second-order valence-electron chi connectivity index (χ2n) is 9.51. The third-order valence-corrected chi connectivity index (χ3v) is 7.13. The van der Waals surface area contributed by atoms with Crippen molar-refractivity contribution < 1.29 is 17.9 Å². The first-order chi connectivity index (χ1) is 18.1. The Morgan fingerprint density at radius 1 is 1.13 bits per heavy atom. The van der Waals surface area contributed by atoms with Gasteiger partial charge in [-0.15, -0.1) is 0 Å². The highest BCUT2D eigenvalue weighted by molar-refractivity contribution is 5.86. The number of rotatable bonds is 7. The molecule has 8 nitrogen and oxygen atoms in total. The zero-order valence-electron chi connectivity index (χ0n) is 21.9. The van der Waals surface area contributed by atoms with Crippen molar-refractivity contribution in [1.82, 2.24) is 19.4 Å². The summed E-state index contributed by atoms with van der Waals surface area (Å²) in [6.07, 6.45) is -3.69. The van der Waals surface area contributed by atoms with Gasteiger partial charge in [-0.25, -0.2) is 9.78 Å². The molecule has 3 aromatic rings. The predicted molar refractivity (Wildman–Crippen MR) is 138 cm³/mol. The third kappa shape index (κ3) is 5.37. The molecule has 0 saturated carbocycles. The fourth-order valence-corrected chi connectivity index (χ4v) is 5.17. The number of fused-ring (bicyclic) bond motifs is 1. The number of hydrogen-bond acceptors (Lipinski definition) is 7. The van der Waals surface area contributed by atoms with Gasteiger partial charge in [-0.2, -0.15) is 23.4 Å². The van der Waals surface area contributed by atoms with Gasteiger partial charge in [-0.1, -0.05) is 19.1 Å². The first-order valence-electron chi connectivity index (χ1n) is 12.6. The standard InChI is InChI=1S/C27H31F3N6O2/c1-5-22(18-7-9-19(10-8-18)27(28,29)30)36-14-17(3)35(15-21(36)16-38-6-2)25-24-23(34(4)26(37)33-25)12-11-20(13-31)32-24/h7-12,17,21-22H,5-6,14-16H2,1-4H3/t17-,21-,22-/m0/s1. The number of benzene rings is 1. The van der Waals surface area contributed by atoms with Gasteiger partial charge in [0.15, 0.2) is 5.82 Å². The van der Waals surface area contributed by atoms with E-state index >= 15 is 0 Å². The summed E-state index contributed by atoms with van der Waals surface area (Å²) in [5.74, 6) is 0.413. The van der Waals surface area contributed by atoms with E-state index in [0.29, 0.717) is 49.6 Å². The number of hydrogen-bond donors (Lipinski definition) is 0. The van der Waals surface area contributed by atoms with Crippen LogP contribution >= 0.6 is 0 Å². The predicted octanol–water partition coefficient (Wildman–Crippen LogP) is 4.29. The van der Waals surface area contributed by atoms with Crippen molar-refractivity contribution in [3.05, 3.63) is 63.7 Å². The van der Waals surface area contributed by atoms with E-state index in [1.807, 2.05) is 31.7 Å². The summed E-state index contributed by atoms with van der Waals surface area (Å²) in [6, 6.07) is 10.3. The number of ether oxygens (including phenoxy) is 1. The summed E-state index contributed by atoms with van der Waals surface area (Å²) < 4.78 is 46.7. The number of halogens is 3. The Hall–Kier alpha value is -3.49. The van der Waals surface area contributed by atoms with E-state index in [2.05, 4.69) is 14.9 Å². The van der Waals surface area contributed by atoms with Crippen LogP contribution < -0.4 is 10.6 Å². The largest absolute Gasteiger partial charge is 0.416 e. The Morgan fingerprint density at radius 3 is 2.45 bits per heavy atom. The molecule has 1 fully saturated rings. The minimum absolute atomic E-state index is 0.105. The first kappa shape index (κ1) is 27.5. The smallest absolute Gasteiger partial charge is 0.380 e. The van der Waals surface area contributed by atoms with E-state index in [4.69, 9.17) is 4.74 Å². The Labute approximate surface area is 219 Å². The van der Waals surface area contributed by atoms with E-state index in [0.717, 1.165) is 17.7 Å². The lowest BCUT2D eigenvalue weighted by molar-refractivity contribution is -0.137. The number of aryl methyl sites for hydroxylation is 1. The molecule has 0 spiro atoms. The molecular weight excluding hydrogens is 497 g/mol. The maximum absolute atomic E-state index is 13.1. The number of alkyl halides is 3. The summed E-state index contributed by atoms with van der Waals surface area (Å²) in [7, 11) is 1.62. The summed E-state index contributed by atoms with van der Waals surface area (Å²) in [6.45, 7) is 7.88. The highest BCUT2D eigenvalue weighted by atomic mass is 19.4. The van der Waals surface area contributed by atoms with Crippen LogP contribution in [0.25, 0.3) is 11.0 Å². The molecule has 0 bridgehead atoms. The van der Waals surface area contributed by atoms with Crippen LogP contribution in [-0.2, 0) is 18.0 Å². The summed E-state index contributed by atoms with van der Waals surface area (Å²) in [5, 5.41) is 9.41. The van der Waals surface area contributed by atoms with Gasteiger partial charge in [-0.3, -0.25) is 9.47 Å². The molecule has 1 aromatic carbocycles. The second-order valence-corrected chi connectivity index (χ2v) is 9.51. The Bertz CT molecular complexity index is 1380. The van der Waals surface area contributed by atoms with E-state index in [-0.39, 0.29) is 23.8 Å². The quantitative estimate of drug-likeness (QED) is 0.452. The van der Waals surface area contributed by atoms with Crippen LogP contribution in [0.1, 0.15) is 50.1 Å². The zero-order valence-corrected chi connectivity index (χ0v) is 21.9. The molecule has 0 aliphatic carbocycles. The summed E-state index contributed by atoms with van der Waals surface area (Å²) in [5.41, 5.74) is 0.978. The lowest BCUT2D eigenvalue weighted by Crippen LogP contribution is -2.60. The fourth-order valence-electron chi connectivity index (χ4n) is 5.17. The number of anilines is 1. The van der Waals surface area contributed by atoms with Crippen LogP contribution in [0.4, 0.5) is 19.0 Å². The van der Waals surface area contributed by atoms with E-state index in [1.165, 1.54) is 4.57 Å². The van der Waals surface area contributed by atoms with Crippen LogP contribution in [-0.4, -0.2) is 57.8 Å². The molecule has 3 atom stereocenters. The van der Waals surface area contributed by atoms with Gasteiger partial charge in [0.05, 0.1) is 23.7 Å². The molecular formula is C27H31F3N6O2. The van der Waals surface area contributed by atoms with E-state index in [1.54, 1.807) is 31.3 Å². The molecule has 11 heteroatoms. The highest BCUT2D eigenvalue weighted by Crippen LogP contribution is 2.35. The molecule has 0 radical (unpaired) electrons. The van der Waals surface area contributed by atoms with Gasteiger partial charge in [0.1, 0.15) is 17.3 Å².